The first-order valence-corrected chi connectivity index (χ1v) is 6.00. The predicted octanol–water partition coefficient (Wildman–Crippen LogP) is 1.85. The van der Waals surface area contributed by atoms with E-state index >= 15 is 0 Å². The Balaban J connectivity index is 2.15. The largest absolute Gasteiger partial charge is 0.466 e. The third-order valence-electron chi connectivity index (χ3n) is 4.23. The Morgan fingerprint density at radius 2 is 2.00 bits per heavy atom. The average molecular weight is 211 g/mol. The number of ether oxygens (including phenoxy) is 1. The van der Waals surface area contributed by atoms with Crippen molar-refractivity contribution >= 4 is 5.97 Å². The Bertz CT molecular complexity index is 269. The Morgan fingerprint density at radius 1 is 1.47 bits per heavy atom. The number of rotatable bonds is 3. The maximum Gasteiger partial charge on any atom is 0.314 e. The second kappa shape index (κ2) is 3.48. The van der Waals surface area contributed by atoms with Crippen molar-refractivity contribution in [2.24, 2.45) is 17.1 Å². The van der Waals surface area contributed by atoms with Gasteiger partial charge in [-0.15, -0.1) is 0 Å². The highest BCUT2D eigenvalue weighted by molar-refractivity contribution is 5.83. The molecule has 2 atom stereocenters. The highest BCUT2D eigenvalue weighted by Gasteiger charge is 2.71. The van der Waals surface area contributed by atoms with Crippen LogP contribution in [-0.4, -0.2) is 18.1 Å². The standard InChI is InChI=1S/C12H21NO2/c1-3-15-10(14)12(8-11(12,2)13)9-6-4-5-7-9/h9H,3-8,13H2,1-2H3. The SMILES string of the molecule is CCOC(=O)C1(C2CCCC2)CC1(C)N. The van der Waals surface area contributed by atoms with Crippen molar-refractivity contribution in [1.29, 1.82) is 0 Å². The van der Waals surface area contributed by atoms with Crippen LogP contribution >= 0.6 is 0 Å². The lowest BCUT2D eigenvalue weighted by Gasteiger charge is -2.24. The van der Waals surface area contributed by atoms with E-state index in [0.717, 1.165) is 19.3 Å². The number of hydrogen-bond donors (Lipinski definition) is 1. The van der Waals surface area contributed by atoms with Crippen LogP contribution in [0.5, 0.6) is 0 Å². The summed E-state index contributed by atoms with van der Waals surface area (Å²) in [6, 6.07) is 0. The number of esters is 1. The second-order valence-corrected chi connectivity index (χ2v) is 5.27. The van der Waals surface area contributed by atoms with Gasteiger partial charge < -0.3 is 10.5 Å². The summed E-state index contributed by atoms with van der Waals surface area (Å²) >= 11 is 0. The summed E-state index contributed by atoms with van der Waals surface area (Å²) in [6.45, 7) is 4.31. The van der Waals surface area contributed by atoms with Crippen LogP contribution in [-0.2, 0) is 9.53 Å². The van der Waals surface area contributed by atoms with Gasteiger partial charge in [0.1, 0.15) is 0 Å². The van der Waals surface area contributed by atoms with Crippen molar-refractivity contribution in [2.75, 3.05) is 6.61 Å². The van der Waals surface area contributed by atoms with Gasteiger partial charge in [-0.1, -0.05) is 12.8 Å². The molecule has 0 aromatic heterocycles. The van der Waals surface area contributed by atoms with Gasteiger partial charge in [-0.25, -0.2) is 0 Å². The van der Waals surface area contributed by atoms with Gasteiger partial charge in [0.2, 0.25) is 0 Å². The van der Waals surface area contributed by atoms with Gasteiger partial charge in [0.15, 0.2) is 0 Å². The van der Waals surface area contributed by atoms with Gasteiger partial charge in [0.05, 0.1) is 12.0 Å². The Labute approximate surface area is 91.4 Å². The number of carbonyl (C=O) groups is 1. The molecule has 0 amide bonds. The lowest BCUT2D eigenvalue weighted by molar-refractivity contribution is -0.153. The van der Waals surface area contributed by atoms with Gasteiger partial charge in [-0.2, -0.15) is 0 Å². The number of nitrogens with two attached hydrogens (primary N) is 1. The molecule has 2 aliphatic rings. The van der Waals surface area contributed by atoms with E-state index in [1.54, 1.807) is 0 Å². The smallest absolute Gasteiger partial charge is 0.314 e. The topological polar surface area (TPSA) is 52.3 Å². The van der Waals surface area contributed by atoms with Gasteiger partial charge in [-0.05, 0) is 39.0 Å². The van der Waals surface area contributed by atoms with Crippen molar-refractivity contribution in [1.82, 2.24) is 0 Å². The number of carbonyl (C=O) groups excluding carboxylic acids is 1. The van der Waals surface area contributed by atoms with Crippen molar-refractivity contribution in [2.45, 2.75) is 51.5 Å². The van der Waals surface area contributed by atoms with Gasteiger partial charge in [0, 0.05) is 5.54 Å². The molecule has 2 fully saturated rings. The van der Waals surface area contributed by atoms with Crippen LogP contribution in [0.4, 0.5) is 0 Å². The molecule has 15 heavy (non-hydrogen) atoms. The Kier molecular flexibility index (Phi) is 2.53. The van der Waals surface area contributed by atoms with E-state index in [0.29, 0.717) is 12.5 Å². The molecular weight excluding hydrogens is 190 g/mol. The third-order valence-corrected chi connectivity index (χ3v) is 4.23. The molecule has 0 heterocycles. The molecule has 2 unspecified atom stereocenters. The Hall–Kier alpha value is -0.570. The molecule has 0 aromatic rings. The molecule has 0 radical (unpaired) electrons. The molecule has 2 rings (SSSR count). The van der Waals surface area contributed by atoms with E-state index < -0.39 is 0 Å². The van der Waals surface area contributed by atoms with E-state index in [4.69, 9.17) is 10.5 Å². The van der Waals surface area contributed by atoms with E-state index in [9.17, 15) is 4.79 Å². The summed E-state index contributed by atoms with van der Waals surface area (Å²) in [5.74, 6) is 0.411. The normalized spacial score (nSPS) is 40.5. The molecule has 2 aliphatic carbocycles. The van der Waals surface area contributed by atoms with Crippen LogP contribution in [0.1, 0.15) is 46.0 Å². The quantitative estimate of drug-likeness (QED) is 0.725. The molecule has 2 N–H and O–H groups in total. The third kappa shape index (κ3) is 1.48. The fourth-order valence-electron chi connectivity index (χ4n) is 3.30. The van der Waals surface area contributed by atoms with Crippen LogP contribution < -0.4 is 5.73 Å². The highest BCUT2D eigenvalue weighted by atomic mass is 16.5. The maximum absolute atomic E-state index is 12.0. The van der Waals surface area contributed by atoms with Crippen LogP contribution in [0.2, 0.25) is 0 Å². The summed E-state index contributed by atoms with van der Waals surface area (Å²) in [6.07, 6.45) is 5.57. The minimum absolute atomic E-state index is 0.0538. The molecule has 0 spiro atoms. The molecule has 86 valence electrons. The molecule has 2 saturated carbocycles. The van der Waals surface area contributed by atoms with E-state index in [1.807, 2.05) is 13.8 Å². The number of hydrogen-bond acceptors (Lipinski definition) is 3. The average Bonchev–Trinajstić information content (AvgIpc) is 2.61. The summed E-state index contributed by atoms with van der Waals surface area (Å²) in [4.78, 5) is 12.0. The molecule has 0 aromatic carbocycles. The van der Waals surface area contributed by atoms with Crippen LogP contribution in [0, 0.1) is 11.3 Å². The second-order valence-electron chi connectivity index (χ2n) is 5.27. The van der Waals surface area contributed by atoms with Crippen molar-refractivity contribution in [3.05, 3.63) is 0 Å². The van der Waals surface area contributed by atoms with E-state index in [1.165, 1.54) is 12.8 Å². The highest BCUT2D eigenvalue weighted by Crippen LogP contribution is 2.63. The monoisotopic (exact) mass is 211 g/mol. The lowest BCUT2D eigenvalue weighted by Crippen LogP contribution is -2.38. The van der Waals surface area contributed by atoms with Gasteiger partial charge in [-0.3, -0.25) is 4.79 Å². The van der Waals surface area contributed by atoms with Crippen molar-refractivity contribution in [3.63, 3.8) is 0 Å². The summed E-state index contributed by atoms with van der Waals surface area (Å²) in [7, 11) is 0. The zero-order valence-electron chi connectivity index (χ0n) is 9.71. The first-order chi connectivity index (χ1) is 7.04. The lowest BCUT2D eigenvalue weighted by atomic mass is 9.84. The fourth-order valence-corrected chi connectivity index (χ4v) is 3.30. The van der Waals surface area contributed by atoms with Crippen molar-refractivity contribution < 1.29 is 9.53 Å². The first kappa shape index (κ1) is 10.9. The fraction of sp³-hybridized carbons (Fsp3) is 0.917. The maximum atomic E-state index is 12.0. The molecular formula is C12H21NO2. The minimum atomic E-state index is -0.348. The zero-order valence-corrected chi connectivity index (χ0v) is 9.71. The minimum Gasteiger partial charge on any atom is -0.466 e. The van der Waals surface area contributed by atoms with E-state index in [2.05, 4.69) is 0 Å². The summed E-state index contributed by atoms with van der Waals surface area (Å²) < 4.78 is 5.20. The van der Waals surface area contributed by atoms with Crippen LogP contribution in [0.25, 0.3) is 0 Å². The molecule has 0 saturated heterocycles. The van der Waals surface area contributed by atoms with Crippen LogP contribution in [0.15, 0.2) is 0 Å². The molecule has 0 aliphatic heterocycles. The van der Waals surface area contributed by atoms with Gasteiger partial charge >= 0.3 is 5.97 Å². The summed E-state index contributed by atoms with van der Waals surface area (Å²) in [5.41, 5.74) is 5.48. The van der Waals surface area contributed by atoms with E-state index in [-0.39, 0.29) is 16.9 Å². The van der Waals surface area contributed by atoms with Gasteiger partial charge in [0.25, 0.3) is 0 Å². The first-order valence-electron chi connectivity index (χ1n) is 6.00. The summed E-state index contributed by atoms with van der Waals surface area (Å²) in [5, 5.41) is 0. The molecule has 3 heteroatoms. The van der Waals surface area contributed by atoms with Crippen molar-refractivity contribution in [3.8, 4) is 0 Å². The molecule has 0 bridgehead atoms. The Morgan fingerprint density at radius 3 is 2.40 bits per heavy atom. The van der Waals surface area contributed by atoms with Crippen LogP contribution in [0.3, 0.4) is 0 Å². The zero-order chi connectivity index (χ0) is 11.1. The molecule has 3 nitrogen and oxygen atoms in total. The predicted molar refractivity (Wildman–Crippen MR) is 58.2 cm³/mol.